The quantitative estimate of drug-likeness (QED) is 0.852. The molecule has 142 valence electrons. The monoisotopic (exact) mass is 369 g/mol. The van der Waals surface area contributed by atoms with Crippen LogP contribution in [0.15, 0.2) is 18.5 Å². The summed E-state index contributed by atoms with van der Waals surface area (Å²) in [6.07, 6.45) is 0.839. The smallest absolute Gasteiger partial charge is 0.350 e. The van der Waals surface area contributed by atoms with E-state index in [4.69, 9.17) is 0 Å². The molecular weight excluding hydrogens is 347 g/mol. The summed E-state index contributed by atoms with van der Waals surface area (Å²) in [6, 6.07) is 0.829. The molecule has 2 aromatic rings. The van der Waals surface area contributed by atoms with Crippen LogP contribution in [0.4, 0.5) is 13.2 Å². The van der Waals surface area contributed by atoms with Gasteiger partial charge in [0, 0.05) is 29.7 Å². The van der Waals surface area contributed by atoms with E-state index >= 15 is 0 Å². The predicted molar refractivity (Wildman–Crippen MR) is 88.4 cm³/mol. The van der Waals surface area contributed by atoms with Gasteiger partial charge in [0.25, 0.3) is 0 Å². The number of halogens is 3. The summed E-state index contributed by atoms with van der Waals surface area (Å²) < 4.78 is 42.8. The van der Waals surface area contributed by atoms with Crippen molar-refractivity contribution < 1.29 is 18.0 Å². The Labute approximate surface area is 149 Å². The van der Waals surface area contributed by atoms with E-state index in [1.54, 1.807) is 30.1 Å². The van der Waals surface area contributed by atoms with Gasteiger partial charge in [0.05, 0.1) is 6.54 Å². The Hall–Kier alpha value is -2.32. The zero-order valence-electron chi connectivity index (χ0n) is 14.8. The number of rotatable bonds is 6. The molecule has 1 aliphatic carbocycles. The van der Waals surface area contributed by atoms with E-state index < -0.39 is 17.9 Å². The third-order valence-electron chi connectivity index (χ3n) is 4.62. The Balaban J connectivity index is 1.79. The molecule has 9 heteroatoms. The molecule has 1 N–H and O–H groups in total. The molecule has 0 aromatic carbocycles. The molecule has 0 radical (unpaired) electrons. The molecule has 0 fully saturated rings. The summed E-state index contributed by atoms with van der Waals surface area (Å²) in [5, 5.41) is 10.7. The van der Waals surface area contributed by atoms with Gasteiger partial charge in [-0.2, -0.15) is 23.4 Å². The lowest BCUT2D eigenvalue weighted by Gasteiger charge is -2.21. The molecule has 0 saturated carbocycles. The number of fused-ring (bicyclic) bond motifs is 1. The molecule has 2 atom stereocenters. The van der Waals surface area contributed by atoms with Crippen LogP contribution in [0.1, 0.15) is 49.7 Å². The van der Waals surface area contributed by atoms with Crippen molar-refractivity contribution in [1.82, 2.24) is 24.9 Å². The summed E-state index contributed by atoms with van der Waals surface area (Å²) in [6.45, 7) is 4.10. The van der Waals surface area contributed by atoms with Crippen molar-refractivity contribution in [2.75, 3.05) is 0 Å². The fourth-order valence-electron chi connectivity index (χ4n) is 3.49. The Bertz CT molecular complexity index is 766. The zero-order valence-corrected chi connectivity index (χ0v) is 14.8. The first-order valence-corrected chi connectivity index (χ1v) is 8.76. The molecule has 0 spiro atoms. The minimum Gasteiger partial charge on any atom is -0.350 e. The fourth-order valence-corrected chi connectivity index (χ4v) is 3.49. The summed E-state index contributed by atoms with van der Waals surface area (Å²) in [5.41, 5.74) is -0.0618. The molecule has 2 aromatic heterocycles. The van der Waals surface area contributed by atoms with Gasteiger partial charge in [0.15, 0.2) is 5.69 Å². The van der Waals surface area contributed by atoms with Crippen LogP contribution in [0.5, 0.6) is 0 Å². The van der Waals surface area contributed by atoms with Gasteiger partial charge < -0.3 is 5.32 Å². The average molecular weight is 369 g/mol. The van der Waals surface area contributed by atoms with Crippen molar-refractivity contribution in [3.8, 4) is 0 Å². The van der Waals surface area contributed by atoms with Gasteiger partial charge in [-0.1, -0.05) is 6.92 Å². The highest BCUT2D eigenvalue weighted by atomic mass is 19.4. The van der Waals surface area contributed by atoms with E-state index in [-0.39, 0.29) is 17.5 Å². The first kappa shape index (κ1) is 18.5. The van der Waals surface area contributed by atoms with Crippen molar-refractivity contribution in [3.05, 3.63) is 35.4 Å². The van der Waals surface area contributed by atoms with E-state index in [1.807, 2.05) is 6.92 Å². The standard InChI is InChI=1S/C17H22F3N5O/c1-3-13(16(26)22-11(2)10-24-9-5-8-21-24)25-14-7-4-6-12(14)15(23-25)17(18,19)20/h5,8-9,11,13H,3-4,6-7,10H2,1-2H3,(H,22,26)/t11-,13-/m0/s1. The first-order valence-electron chi connectivity index (χ1n) is 8.76. The van der Waals surface area contributed by atoms with E-state index in [1.165, 1.54) is 4.68 Å². The molecule has 0 bridgehead atoms. The molecule has 1 aliphatic rings. The highest BCUT2D eigenvalue weighted by Crippen LogP contribution is 2.37. The lowest BCUT2D eigenvalue weighted by Crippen LogP contribution is -2.41. The second-order valence-electron chi connectivity index (χ2n) is 6.63. The van der Waals surface area contributed by atoms with Gasteiger partial charge in [-0.25, -0.2) is 0 Å². The van der Waals surface area contributed by atoms with Crippen LogP contribution in [-0.4, -0.2) is 31.5 Å². The number of hydrogen-bond donors (Lipinski definition) is 1. The Kier molecular flexibility index (Phi) is 5.06. The van der Waals surface area contributed by atoms with Crippen molar-refractivity contribution in [3.63, 3.8) is 0 Å². The second-order valence-corrected chi connectivity index (χ2v) is 6.63. The third-order valence-corrected chi connectivity index (χ3v) is 4.62. The third kappa shape index (κ3) is 3.61. The summed E-state index contributed by atoms with van der Waals surface area (Å²) >= 11 is 0. The van der Waals surface area contributed by atoms with E-state index in [9.17, 15) is 18.0 Å². The largest absolute Gasteiger partial charge is 0.435 e. The van der Waals surface area contributed by atoms with Crippen molar-refractivity contribution in [2.24, 2.45) is 0 Å². The summed E-state index contributed by atoms with van der Waals surface area (Å²) in [7, 11) is 0. The predicted octanol–water partition coefficient (Wildman–Crippen LogP) is 2.74. The number of hydrogen-bond acceptors (Lipinski definition) is 3. The minimum atomic E-state index is -4.50. The molecule has 0 unspecified atom stereocenters. The highest BCUT2D eigenvalue weighted by Gasteiger charge is 2.41. The van der Waals surface area contributed by atoms with Crippen LogP contribution < -0.4 is 5.32 Å². The van der Waals surface area contributed by atoms with E-state index in [0.717, 1.165) is 0 Å². The lowest BCUT2D eigenvalue weighted by atomic mass is 10.1. The number of amides is 1. The normalized spacial score (nSPS) is 16.3. The molecule has 6 nitrogen and oxygen atoms in total. The lowest BCUT2D eigenvalue weighted by molar-refractivity contribution is -0.142. The Morgan fingerprint density at radius 2 is 2.15 bits per heavy atom. The number of carbonyl (C=O) groups excluding carboxylic acids is 1. The molecule has 0 saturated heterocycles. The first-order chi connectivity index (χ1) is 12.3. The second kappa shape index (κ2) is 7.13. The van der Waals surface area contributed by atoms with Crippen molar-refractivity contribution in [2.45, 2.75) is 64.3 Å². The number of aromatic nitrogens is 4. The molecule has 26 heavy (non-hydrogen) atoms. The minimum absolute atomic E-state index is 0.206. The number of nitrogens with zero attached hydrogens (tertiary/aromatic N) is 4. The highest BCUT2D eigenvalue weighted by molar-refractivity contribution is 5.80. The Morgan fingerprint density at radius 1 is 1.38 bits per heavy atom. The van der Waals surface area contributed by atoms with Gasteiger partial charge >= 0.3 is 6.18 Å². The van der Waals surface area contributed by atoms with Crippen LogP contribution in [0.2, 0.25) is 0 Å². The maximum absolute atomic E-state index is 13.3. The van der Waals surface area contributed by atoms with Crippen LogP contribution in [0, 0.1) is 0 Å². The van der Waals surface area contributed by atoms with Crippen LogP contribution in [0.25, 0.3) is 0 Å². The maximum Gasteiger partial charge on any atom is 0.435 e. The number of carbonyl (C=O) groups is 1. The van der Waals surface area contributed by atoms with E-state index in [2.05, 4.69) is 15.5 Å². The number of alkyl halides is 3. The molecule has 2 heterocycles. The average Bonchev–Trinajstić information content (AvgIpc) is 3.24. The maximum atomic E-state index is 13.3. The van der Waals surface area contributed by atoms with Crippen molar-refractivity contribution in [1.29, 1.82) is 0 Å². The fraction of sp³-hybridized carbons (Fsp3) is 0.588. The molecule has 3 rings (SSSR count). The van der Waals surface area contributed by atoms with Crippen LogP contribution in [0.3, 0.4) is 0 Å². The van der Waals surface area contributed by atoms with Crippen LogP contribution >= 0.6 is 0 Å². The van der Waals surface area contributed by atoms with Gasteiger partial charge in [-0.3, -0.25) is 14.2 Å². The van der Waals surface area contributed by atoms with Gasteiger partial charge in [0.2, 0.25) is 5.91 Å². The zero-order chi connectivity index (χ0) is 18.9. The molecular formula is C17H22F3N5O. The van der Waals surface area contributed by atoms with Crippen molar-refractivity contribution >= 4 is 5.91 Å². The Morgan fingerprint density at radius 3 is 2.77 bits per heavy atom. The topological polar surface area (TPSA) is 64.7 Å². The number of nitrogens with one attached hydrogen (secondary N) is 1. The van der Waals surface area contributed by atoms with Gasteiger partial charge in [-0.05, 0) is 38.7 Å². The molecule has 1 amide bonds. The van der Waals surface area contributed by atoms with Gasteiger partial charge in [-0.15, -0.1) is 0 Å². The summed E-state index contributed by atoms with van der Waals surface area (Å²) in [4.78, 5) is 12.7. The molecule has 0 aliphatic heterocycles. The summed E-state index contributed by atoms with van der Waals surface area (Å²) in [5.74, 6) is -0.321. The van der Waals surface area contributed by atoms with Gasteiger partial charge in [0.1, 0.15) is 6.04 Å². The SMILES string of the molecule is CC[C@@H](C(=O)N[C@@H](C)Cn1cccn1)n1nc(C(F)(F)F)c2c1CCC2. The van der Waals surface area contributed by atoms with E-state index in [0.29, 0.717) is 37.9 Å². The van der Waals surface area contributed by atoms with Crippen LogP contribution in [-0.2, 0) is 30.4 Å².